The summed E-state index contributed by atoms with van der Waals surface area (Å²) in [5, 5.41) is 2.97. The van der Waals surface area contributed by atoms with E-state index in [1.807, 2.05) is 79.7 Å². The topological polar surface area (TPSA) is 99.6 Å². The average molecular weight is 580 g/mol. The number of carbonyl (C=O) groups excluding carboxylic acids is 1. The second-order valence-electron chi connectivity index (χ2n) is 10.1. The molecule has 0 fully saturated rings. The first-order valence-electron chi connectivity index (χ1n) is 13.5. The summed E-state index contributed by atoms with van der Waals surface area (Å²) in [4.78, 5) is 45.4. The first-order chi connectivity index (χ1) is 20.3. The van der Waals surface area contributed by atoms with E-state index in [0.717, 1.165) is 22.2 Å². The van der Waals surface area contributed by atoms with Crippen LogP contribution < -0.4 is 30.6 Å². The lowest BCUT2D eigenvalue weighted by atomic mass is 9.95. The number of para-hydroxylation sites is 1. The predicted molar refractivity (Wildman–Crippen MR) is 165 cm³/mol. The van der Waals surface area contributed by atoms with E-state index >= 15 is 0 Å². The highest BCUT2D eigenvalue weighted by Crippen LogP contribution is 2.31. The van der Waals surface area contributed by atoms with Gasteiger partial charge in [0, 0.05) is 19.8 Å². The molecule has 0 unspecified atom stereocenters. The minimum absolute atomic E-state index is 0.117. The minimum Gasteiger partial charge on any atom is -0.494 e. The Hall–Kier alpha value is -4.96. The van der Waals surface area contributed by atoms with E-state index in [-0.39, 0.29) is 17.2 Å². The van der Waals surface area contributed by atoms with Crippen LogP contribution in [0.2, 0.25) is 0 Å². The Balaban J connectivity index is 1.50. The van der Waals surface area contributed by atoms with E-state index in [1.165, 1.54) is 11.3 Å². The van der Waals surface area contributed by atoms with Crippen LogP contribution >= 0.6 is 11.3 Å². The number of benzene rings is 3. The van der Waals surface area contributed by atoms with Crippen molar-refractivity contribution in [1.29, 1.82) is 0 Å². The van der Waals surface area contributed by atoms with Crippen LogP contribution in [-0.4, -0.2) is 26.2 Å². The largest absolute Gasteiger partial charge is 0.494 e. The Kier molecular flexibility index (Phi) is 6.99. The zero-order valence-corrected chi connectivity index (χ0v) is 24.4. The molecule has 0 saturated heterocycles. The summed E-state index contributed by atoms with van der Waals surface area (Å²) in [7, 11) is 3.46. The number of hydrogen-bond acceptors (Lipinski definition) is 6. The minimum atomic E-state index is -0.694. The third-order valence-electron chi connectivity index (χ3n) is 7.40. The molecule has 3 heterocycles. The molecule has 0 radical (unpaired) electrons. The Morgan fingerprint density at radius 1 is 1.00 bits per heavy atom. The number of ether oxygens (including phenoxy) is 1. The molecule has 1 atom stereocenters. The molecule has 0 spiro atoms. The van der Waals surface area contributed by atoms with Crippen molar-refractivity contribution in [3.63, 3.8) is 0 Å². The number of aryl methyl sites for hydroxylation is 2. The van der Waals surface area contributed by atoms with Crippen molar-refractivity contribution in [2.24, 2.45) is 19.1 Å². The van der Waals surface area contributed by atoms with Crippen LogP contribution in [-0.2, 0) is 18.9 Å². The third kappa shape index (κ3) is 4.69. The van der Waals surface area contributed by atoms with Crippen LogP contribution in [0.3, 0.4) is 0 Å². The first-order valence-corrected chi connectivity index (χ1v) is 14.4. The van der Waals surface area contributed by atoms with Gasteiger partial charge in [0.15, 0.2) is 4.80 Å². The lowest BCUT2D eigenvalue weighted by molar-refractivity contribution is -0.113. The fourth-order valence-corrected chi connectivity index (χ4v) is 6.37. The molecule has 5 aromatic rings. The number of nitrogens with zero attached hydrogens (tertiary/aromatic N) is 4. The second-order valence-corrected chi connectivity index (χ2v) is 11.1. The zero-order chi connectivity index (χ0) is 29.5. The average Bonchev–Trinajstić information content (AvgIpc) is 3.40. The van der Waals surface area contributed by atoms with Crippen LogP contribution in [0.25, 0.3) is 17.1 Å². The molecule has 1 N–H and O–H groups in total. The fraction of sp³-hybridized carbons (Fsp3) is 0.188. The number of amides is 1. The lowest BCUT2D eigenvalue weighted by Gasteiger charge is -2.25. The SMILES string of the molecule is CCOc1ccc([C@H]2C(C(=O)Nc3ccccc3)=C(C)N=c3s/c(=C/c4ccc5c(c4)n(C)c(=O)n5C)c(=O)n32)cc1. The van der Waals surface area contributed by atoms with Gasteiger partial charge in [-0.15, -0.1) is 0 Å². The van der Waals surface area contributed by atoms with Gasteiger partial charge >= 0.3 is 5.69 Å². The van der Waals surface area contributed by atoms with Crippen molar-refractivity contribution in [2.45, 2.75) is 19.9 Å². The van der Waals surface area contributed by atoms with Gasteiger partial charge in [0.2, 0.25) is 0 Å². The molecule has 9 nitrogen and oxygen atoms in total. The second kappa shape index (κ2) is 10.8. The van der Waals surface area contributed by atoms with Crippen molar-refractivity contribution in [3.8, 4) is 5.75 Å². The Morgan fingerprint density at radius 2 is 1.71 bits per heavy atom. The number of fused-ring (bicyclic) bond motifs is 2. The third-order valence-corrected chi connectivity index (χ3v) is 8.38. The number of aromatic nitrogens is 3. The number of hydrogen-bond donors (Lipinski definition) is 1. The quantitative estimate of drug-likeness (QED) is 0.333. The number of thiazole rings is 1. The number of allylic oxidation sites excluding steroid dienone is 1. The summed E-state index contributed by atoms with van der Waals surface area (Å²) in [5.74, 6) is 0.376. The Bertz CT molecular complexity index is 2120. The van der Waals surface area contributed by atoms with Gasteiger partial charge in [0.1, 0.15) is 5.75 Å². The maximum Gasteiger partial charge on any atom is 0.328 e. The van der Waals surface area contributed by atoms with Crippen LogP contribution in [0.15, 0.2) is 98.6 Å². The Labute approximate surface area is 245 Å². The van der Waals surface area contributed by atoms with Crippen LogP contribution in [0, 0.1) is 0 Å². The summed E-state index contributed by atoms with van der Waals surface area (Å²) < 4.78 is 10.9. The molecule has 1 amide bonds. The van der Waals surface area contributed by atoms with Crippen molar-refractivity contribution < 1.29 is 9.53 Å². The number of imidazole rings is 1. The van der Waals surface area contributed by atoms with Crippen LogP contribution in [0.1, 0.15) is 31.0 Å². The van der Waals surface area contributed by atoms with E-state index in [0.29, 0.717) is 38.6 Å². The highest BCUT2D eigenvalue weighted by molar-refractivity contribution is 7.07. The van der Waals surface area contributed by atoms with E-state index in [2.05, 4.69) is 5.32 Å². The highest BCUT2D eigenvalue weighted by atomic mass is 32.1. The first kappa shape index (κ1) is 27.2. The van der Waals surface area contributed by atoms with Crippen molar-refractivity contribution in [2.75, 3.05) is 11.9 Å². The standard InChI is InChI=1S/C32H29N5O4S/c1-5-41-23-14-12-21(13-15-23)28-27(29(38)34-22-9-7-6-8-10-22)19(2)33-31-37(28)30(39)26(42-31)18-20-11-16-24-25(17-20)36(4)32(40)35(24)3/h6-18,28H,5H2,1-4H3,(H,34,38)/b26-18+/t28-/m0/s1. The number of carbonyl (C=O) groups is 1. The zero-order valence-electron chi connectivity index (χ0n) is 23.6. The summed E-state index contributed by atoms with van der Waals surface area (Å²) >= 11 is 1.27. The molecule has 1 aliphatic heterocycles. The van der Waals surface area contributed by atoms with Crippen LogP contribution in [0.5, 0.6) is 5.75 Å². The fourth-order valence-electron chi connectivity index (χ4n) is 5.33. The molecule has 3 aromatic carbocycles. The molecule has 10 heteroatoms. The lowest BCUT2D eigenvalue weighted by Crippen LogP contribution is -2.40. The molecule has 0 aliphatic carbocycles. The summed E-state index contributed by atoms with van der Waals surface area (Å²) in [6.45, 7) is 4.24. The van der Waals surface area contributed by atoms with Crippen molar-refractivity contribution >= 4 is 40.0 Å². The van der Waals surface area contributed by atoms with E-state index < -0.39 is 6.04 Å². The number of nitrogens with one attached hydrogen (secondary N) is 1. The van der Waals surface area contributed by atoms with Crippen LogP contribution in [0.4, 0.5) is 5.69 Å². The molecule has 42 heavy (non-hydrogen) atoms. The number of anilines is 1. The van der Waals surface area contributed by atoms with Gasteiger partial charge in [0.05, 0.1) is 39.5 Å². The predicted octanol–water partition coefficient (Wildman–Crippen LogP) is 3.46. The van der Waals surface area contributed by atoms with Gasteiger partial charge in [-0.05, 0) is 67.4 Å². The molecule has 0 bridgehead atoms. The smallest absolute Gasteiger partial charge is 0.328 e. The van der Waals surface area contributed by atoms with Crippen molar-refractivity contribution in [3.05, 3.63) is 125 Å². The maximum absolute atomic E-state index is 14.0. The Morgan fingerprint density at radius 3 is 2.43 bits per heavy atom. The summed E-state index contributed by atoms with van der Waals surface area (Å²) in [6.07, 6.45) is 1.80. The molecule has 1 aliphatic rings. The summed E-state index contributed by atoms with van der Waals surface area (Å²) in [5.41, 5.74) is 4.33. The van der Waals surface area contributed by atoms with E-state index in [1.54, 1.807) is 40.8 Å². The monoisotopic (exact) mass is 579 g/mol. The van der Waals surface area contributed by atoms with Gasteiger partial charge in [-0.1, -0.05) is 47.7 Å². The molecule has 0 saturated carbocycles. The molecule has 2 aromatic heterocycles. The van der Waals surface area contributed by atoms with Gasteiger partial charge in [-0.2, -0.15) is 0 Å². The molecule has 6 rings (SSSR count). The van der Waals surface area contributed by atoms with Gasteiger partial charge in [-0.3, -0.25) is 23.3 Å². The summed E-state index contributed by atoms with van der Waals surface area (Å²) in [6, 6.07) is 21.6. The van der Waals surface area contributed by atoms with Gasteiger partial charge < -0.3 is 10.1 Å². The highest BCUT2D eigenvalue weighted by Gasteiger charge is 2.32. The molecular weight excluding hydrogens is 550 g/mol. The maximum atomic E-state index is 14.0. The van der Waals surface area contributed by atoms with E-state index in [4.69, 9.17) is 9.73 Å². The normalized spacial score (nSPS) is 15.0. The number of rotatable bonds is 6. The van der Waals surface area contributed by atoms with Crippen molar-refractivity contribution in [1.82, 2.24) is 13.7 Å². The molecule has 212 valence electrons. The molecular formula is C32H29N5O4S. The van der Waals surface area contributed by atoms with Gasteiger partial charge in [0.25, 0.3) is 11.5 Å². The van der Waals surface area contributed by atoms with E-state index in [9.17, 15) is 14.4 Å². The van der Waals surface area contributed by atoms with Gasteiger partial charge in [-0.25, -0.2) is 9.79 Å².